The Hall–Kier alpha value is -1.97. The predicted molar refractivity (Wildman–Crippen MR) is 72.7 cm³/mol. The van der Waals surface area contributed by atoms with Gasteiger partial charge in [0.25, 0.3) is 0 Å². The molecule has 18 heavy (non-hydrogen) atoms. The van der Waals surface area contributed by atoms with E-state index < -0.39 is 5.60 Å². The van der Waals surface area contributed by atoms with E-state index in [1.807, 2.05) is 45.9 Å². The van der Waals surface area contributed by atoms with E-state index in [2.05, 4.69) is 0 Å². The topological polar surface area (TPSA) is 57.2 Å². The fourth-order valence-electron chi connectivity index (χ4n) is 1.98. The molecule has 96 valence electrons. The van der Waals surface area contributed by atoms with Gasteiger partial charge in [-0.2, -0.15) is 0 Å². The lowest BCUT2D eigenvalue weighted by Gasteiger charge is -2.19. The van der Waals surface area contributed by atoms with Crippen LogP contribution in [0.1, 0.15) is 26.3 Å². The van der Waals surface area contributed by atoms with Crippen LogP contribution >= 0.6 is 0 Å². The van der Waals surface area contributed by atoms with Crippen LogP contribution in [0.2, 0.25) is 0 Å². The van der Waals surface area contributed by atoms with Crippen molar-refractivity contribution in [3.63, 3.8) is 0 Å². The van der Waals surface area contributed by atoms with Gasteiger partial charge in [-0.3, -0.25) is 4.57 Å². The molecule has 2 rings (SSSR count). The third kappa shape index (κ3) is 2.18. The van der Waals surface area contributed by atoms with Gasteiger partial charge in [-0.05, 0) is 45.4 Å². The van der Waals surface area contributed by atoms with Crippen LogP contribution in [-0.2, 0) is 4.74 Å². The first-order valence-electron chi connectivity index (χ1n) is 5.89. The Kier molecular flexibility index (Phi) is 2.81. The maximum atomic E-state index is 12.1. The van der Waals surface area contributed by atoms with Gasteiger partial charge in [0.15, 0.2) is 0 Å². The summed E-state index contributed by atoms with van der Waals surface area (Å²) in [5.74, 6) is 0. The van der Waals surface area contributed by atoms with E-state index in [-0.39, 0.29) is 6.09 Å². The summed E-state index contributed by atoms with van der Waals surface area (Å²) >= 11 is 0. The first-order valence-corrected chi connectivity index (χ1v) is 5.89. The van der Waals surface area contributed by atoms with Crippen LogP contribution in [0.15, 0.2) is 24.4 Å². The third-order valence-electron chi connectivity index (χ3n) is 2.64. The van der Waals surface area contributed by atoms with Crippen molar-refractivity contribution < 1.29 is 9.53 Å². The molecule has 4 nitrogen and oxygen atoms in total. The van der Waals surface area contributed by atoms with Crippen molar-refractivity contribution in [2.24, 2.45) is 0 Å². The summed E-state index contributed by atoms with van der Waals surface area (Å²) in [6.45, 7) is 7.47. The van der Waals surface area contributed by atoms with Gasteiger partial charge in [-0.15, -0.1) is 0 Å². The summed E-state index contributed by atoms with van der Waals surface area (Å²) in [6, 6.07) is 5.52. The Labute approximate surface area is 106 Å². The van der Waals surface area contributed by atoms with Crippen LogP contribution < -0.4 is 5.73 Å². The maximum Gasteiger partial charge on any atom is 0.419 e. The van der Waals surface area contributed by atoms with Crippen molar-refractivity contribution in [3.05, 3.63) is 30.0 Å². The fraction of sp³-hybridized carbons (Fsp3) is 0.357. The second-order valence-corrected chi connectivity index (χ2v) is 5.40. The third-order valence-corrected chi connectivity index (χ3v) is 2.64. The van der Waals surface area contributed by atoms with Gasteiger partial charge in [-0.1, -0.05) is 6.07 Å². The number of carbonyl (C=O) groups is 1. The molecule has 0 amide bonds. The Balaban J connectivity index is 2.53. The molecule has 0 saturated heterocycles. The molecule has 0 aliphatic carbocycles. The minimum Gasteiger partial charge on any atom is -0.443 e. The molecule has 2 aromatic rings. The molecular weight excluding hydrogens is 228 g/mol. The van der Waals surface area contributed by atoms with Crippen LogP contribution in [0.5, 0.6) is 0 Å². The van der Waals surface area contributed by atoms with Crippen molar-refractivity contribution >= 4 is 22.7 Å². The standard InChI is InChI=1S/C14H18N2O2/c1-9-8-16(13(17)18-14(2,3)4)11-7-5-6-10(15)12(9)11/h5-8H,15H2,1-4H3. The number of hydrogen-bond donors (Lipinski definition) is 1. The van der Waals surface area contributed by atoms with E-state index in [4.69, 9.17) is 10.5 Å². The summed E-state index contributed by atoms with van der Waals surface area (Å²) in [5.41, 5.74) is 7.84. The minimum atomic E-state index is -0.512. The van der Waals surface area contributed by atoms with Crippen molar-refractivity contribution in [2.45, 2.75) is 33.3 Å². The zero-order valence-corrected chi connectivity index (χ0v) is 11.2. The highest BCUT2D eigenvalue weighted by Gasteiger charge is 2.20. The van der Waals surface area contributed by atoms with Crippen LogP contribution in [0.3, 0.4) is 0 Å². The molecule has 1 aromatic heterocycles. The number of aromatic nitrogens is 1. The highest BCUT2D eigenvalue weighted by atomic mass is 16.6. The van der Waals surface area contributed by atoms with Crippen molar-refractivity contribution in [1.82, 2.24) is 4.57 Å². The molecule has 0 spiro atoms. The van der Waals surface area contributed by atoms with Gasteiger partial charge in [0.2, 0.25) is 0 Å². The molecule has 1 aromatic carbocycles. The number of ether oxygens (including phenoxy) is 1. The Morgan fingerprint density at radius 2 is 2.00 bits per heavy atom. The van der Waals surface area contributed by atoms with Gasteiger partial charge < -0.3 is 10.5 Å². The molecule has 4 heteroatoms. The first-order chi connectivity index (χ1) is 8.29. The molecule has 0 radical (unpaired) electrons. The molecule has 0 atom stereocenters. The quantitative estimate of drug-likeness (QED) is 0.725. The smallest absolute Gasteiger partial charge is 0.419 e. The van der Waals surface area contributed by atoms with E-state index >= 15 is 0 Å². The monoisotopic (exact) mass is 246 g/mol. The van der Waals surface area contributed by atoms with Crippen LogP contribution in [0.25, 0.3) is 10.9 Å². The number of hydrogen-bond acceptors (Lipinski definition) is 3. The van der Waals surface area contributed by atoms with Gasteiger partial charge in [0.05, 0.1) is 5.52 Å². The highest BCUT2D eigenvalue weighted by Crippen LogP contribution is 2.27. The molecule has 0 unspecified atom stereocenters. The predicted octanol–water partition coefficient (Wildman–Crippen LogP) is 3.32. The minimum absolute atomic E-state index is 0.383. The Morgan fingerprint density at radius 1 is 1.33 bits per heavy atom. The number of benzene rings is 1. The first kappa shape index (κ1) is 12.5. The van der Waals surface area contributed by atoms with Gasteiger partial charge in [0.1, 0.15) is 5.60 Å². The maximum absolute atomic E-state index is 12.1. The average molecular weight is 246 g/mol. The van der Waals surface area contributed by atoms with E-state index in [0.717, 1.165) is 16.5 Å². The molecule has 0 aliphatic heterocycles. The van der Waals surface area contributed by atoms with Gasteiger partial charge >= 0.3 is 6.09 Å². The molecule has 0 fully saturated rings. The molecular formula is C14H18N2O2. The summed E-state index contributed by atoms with van der Waals surface area (Å²) in [4.78, 5) is 12.1. The molecule has 0 saturated carbocycles. The number of nitrogen functional groups attached to an aromatic ring is 1. The lowest BCUT2D eigenvalue weighted by Crippen LogP contribution is -2.26. The largest absolute Gasteiger partial charge is 0.443 e. The van der Waals surface area contributed by atoms with E-state index in [1.54, 1.807) is 6.20 Å². The molecule has 0 aliphatic rings. The van der Waals surface area contributed by atoms with Gasteiger partial charge in [-0.25, -0.2) is 4.79 Å². The van der Waals surface area contributed by atoms with E-state index in [9.17, 15) is 4.79 Å². The number of fused-ring (bicyclic) bond motifs is 1. The Bertz CT molecular complexity index is 606. The second-order valence-electron chi connectivity index (χ2n) is 5.40. The Morgan fingerprint density at radius 3 is 2.61 bits per heavy atom. The molecule has 1 heterocycles. The van der Waals surface area contributed by atoms with Crippen LogP contribution in [0.4, 0.5) is 10.5 Å². The van der Waals surface area contributed by atoms with Gasteiger partial charge in [0, 0.05) is 17.3 Å². The molecule has 2 N–H and O–H groups in total. The average Bonchev–Trinajstić information content (AvgIpc) is 2.55. The van der Waals surface area contributed by atoms with Crippen molar-refractivity contribution in [3.8, 4) is 0 Å². The number of aryl methyl sites for hydroxylation is 1. The second kappa shape index (κ2) is 4.05. The number of carbonyl (C=O) groups excluding carboxylic acids is 1. The normalized spacial score (nSPS) is 11.8. The SMILES string of the molecule is Cc1cn(C(=O)OC(C)(C)C)c2cccc(N)c12. The summed E-state index contributed by atoms with van der Waals surface area (Å²) in [5, 5.41) is 0.906. The zero-order chi connectivity index (χ0) is 13.5. The lowest BCUT2D eigenvalue weighted by molar-refractivity contribution is 0.0544. The summed E-state index contributed by atoms with van der Waals surface area (Å²) in [6.07, 6.45) is 1.38. The van der Waals surface area contributed by atoms with E-state index in [0.29, 0.717) is 5.69 Å². The van der Waals surface area contributed by atoms with Crippen molar-refractivity contribution in [2.75, 3.05) is 5.73 Å². The number of nitrogens with zero attached hydrogens (tertiary/aromatic N) is 1. The number of nitrogens with two attached hydrogens (primary N) is 1. The van der Waals surface area contributed by atoms with E-state index in [1.165, 1.54) is 4.57 Å². The van der Waals surface area contributed by atoms with Crippen molar-refractivity contribution in [1.29, 1.82) is 0 Å². The summed E-state index contributed by atoms with van der Waals surface area (Å²) < 4.78 is 6.87. The van der Waals surface area contributed by atoms with Crippen LogP contribution in [0, 0.1) is 6.92 Å². The fourth-order valence-corrected chi connectivity index (χ4v) is 1.98. The number of anilines is 1. The number of rotatable bonds is 0. The molecule has 0 bridgehead atoms. The zero-order valence-electron chi connectivity index (χ0n) is 11.2. The highest BCUT2D eigenvalue weighted by molar-refractivity contribution is 5.98. The van der Waals surface area contributed by atoms with Crippen LogP contribution in [-0.4, -0.2) is 16.3 Å². The lowest BCUT2D eigenvalue weighted by atomic mass is 10.1. The summed E-state index contributed by atoms with van der Waals surface area (Å²) in [7, 11) is 0.